The van der Waals surface area contributed by atoms with Crippen LogP contribution in [-0.2, 0) is 6.54 Å². The van der Waals surface area contributed by atoms with Gasteiger partial charge in [0.15, 0.2) is 0 Å². The number of anilines is 1. The van der Waals surface area contributed by atoms with Gasteiger partial charge in [-0.05, 0) is 11.6 Å². The molecule has 0 fully saturated rings. The van der Waals surface area contributed by atoms with Gasteiger partial charge in [0, 0.05) is 12.7 Å². The molecular weight excluding hydrogens is 220 g/mol. The van der Waals surface area contributed by atoms with Crippen LogP contribution in [0.4, 0.5) is 5.82 Å². The largest absolute Gasteiger partial charge is 0.382 e. The lowest BCUT2D eigenvalue weighted by atomic mass is 10.3. The van der Waals surface area contributed by atoms with Crippen LogP contribution in [0.2, 0.25) is 5.02 Å². The topological polar surface area (TPSA) is 64.9 Å². The number of nitrogen functional groups attached to an aromatic ring is 1. The maximum absolute atomic E-state index is 5.65. The minimum Gasteiger partial charge on any atom is -0.382 e. The number of halogens is 3. The Morgan fingerprint density at radius 3 is 2.42 bits per heavy atom. The predicted molar refractivity (Wildman–Crippen MR) is 56.0 cm³/mol. The van der Waals surface area contributed by atoms with E-state index in [0.29, 0.717) is 17.4 Å². The van der Waals surface area contributed by atoms with Crippen LogP contribution in [0, 0.1) is 0 Å². The van der Waals surface area contributed by atoms with Gasteiger partial charge >= 0.3 is 0 Å². The molecule has 0 atom stereocenters. The Morgan fingerprint density at radius 1 is 1.42 bits per heavy atom. The summed E-state index contributed by atoms with van der Waals surface area (Å²) in [6, 6.07) is 1.71. The Hall–Kier alpha value is -0.220. The molecule has 1 heterocycles. The molecule has 0 unspecified atom stereocenters. The summed E-state index contributed by atoms with van der Waals surface area (Å²) >= 11 is 5.65. The Kier molecular flexibility index (Phi) is 7.53. The van der Waals surface area contributed by atoms with Crippen LogP contribution in [0.25, 0.3) is 0 Å². The van der Waals surface area contributed by atoms with E-state index in [1.807, 2.05) is 0 Å². The Labute approximate surface area is 88.3 Å². The van der Waals surface area contributed by atoms with Crippen molar-refractivity contribution in [3.63, 3.8) is 0 Å². The van der Waals surface area contributed by atoms with Crippen molar-refractivity contribution in [2.75, 3.05) is 5.73 Å². The first-order valence-corrected chi connectivity index (χ1v) is 3.22. The summed E-state index contributed by atoms with van der Waals surface area (Å²) in [6.45, 7) is 0.438. The summed E-state index contributed by atoms with van der Waals surface area (Å²) in [5.74, 6) is 0.346. The normalized spacial score (nSPS) is 8.17. The lowest BCUT2D eigenvalue weighted by molar-refractivity contribution is 1.05. The van der Waals surface area contributed by atoms with Gasteiger partial charge in [0.1, 0.15) is 5.82 Å². The second-order valence-electron chi connectivity index (χ2n) is 1.91. The molecule has 0 saturated heterocycles. The number of nitrogens with zero attached hydrogens (tertiary/aromatic N) is 1. The molecule has 0 aliphatic carbocycles. The Morgan fingerprint density at radius 2 is 2.00 bits per heavy atom. The van der Waals surface area contributed by atoms with Crippen molar-refractivity contribution in [3.05, 3.63) is 22.8 Å². The summed E-state index contributed by atoms with van der Waals surface area (Å²) in [5, 5.41) is 0.461. The smallest absolute Gasteiger partial charge is 0.142 e. The fraction of sp³-hybridized carbons (Fsp3) is 0.167. The van der Waals surface area contributed by atoms with Crippen LogP contribution in [0.1, 0.15) is 5.56 Å². The molecule has 0 spiro atoms. The molecule has 0 aliphatic heterocycles. The quantitative estimate of drug-likeness (QED) is 0.770. The third kappa shape index (κ3) is 3.45. The first-order chi connectivity index (χ1) is 4.74. The van der Waals surface area contributed by atoms with Crippen LogP contribution in [0.15, 0.2) is 12.3 Å². The minimum atomic E-state index is 0. The van der Waals surface area contributed by atoms with Crippen LogP contribution >= 0.6 is 36.4 Å². The first-order valence-electron chi connectivity index (χ1n) is 2.84. The van der Waals surface area contributed by atoms with Gasteiger partial charge in [-0.15, -0.1) is 24.8 Å². The monoisotopic (exact) mass is 229 g/mol. The van der Waals surface area contributed by atoms with E-state index >= 15 is 0 Å². The number of aromatic nitrogens is 1. The SMILES string of the molecule is Cl.Cl.NCc1cnc(N)c(Cl)c1. The number of hydrogen-bond acceptors (Lipinski definition) is 3. The van der Waals surface area contributed by atoms with Gasteiger partial charge < -0.3 is 11.5 Å². The molecule has 4 N–H and O–H groups in total. The van der Waals surface area contributed by atoms with Crippen molar-refractivity contribution in [3.8, 4) is 0 Å². The van der Waals surface area contributed by atoms with Crippen molar-refractivity contribution in [1.29, 1.82) is 0 Å². The van der Waals surface area contributed by atoms with Crippen molar-refractivity contribution in [1.82, 2.24) is 4.98 Å². The fourth-order valence-corrected chi connectivity index (χ4v) is 0.789. The molecule has 6 heteroatoms. The van der Waals surface area contributed by atoms with E-state index < -0.39 is 0 Å². The number of pyridine rings is 1. The van der Waals surface area contributed by atoms with E-state index in [2.05, 4.69) is 4.98 Å². The minimum absolute atomic E-state index is 0. The molecule has 70 valence electrons. The summed E-state index contributed by atoms with van der Waals surface area (Å²) in [7, 11) is 0. The van der Waals surface area contributed by atoms with Crippen LogP contribution in [0.3, 0.4) is 0 Å². The maximum Gasteiger partial charge on any atom is 0.142 e. The molecule has 12 heavy (non-hydrogen) atoms. The van der Waals surface area contributed by atoms with Crippen LogP contribution in [0.5, 0.6) is 0 Å². The Balaban J connectivity index is 0. The number of nitrogens with two attached hydrogens (primary N) is 2. The fourth-order valence-electron chi connectivity index (χ4n) is 0.600. The van der Waals surface area contributed by atoms with Crippen molar-refractivity contribution in [2.45, 2.75) is 6.54 Å². The standard InChI is InChI=1S/C6H8ClN3.2ClH/c7-5-1-4(2-8)3-10-6(5)9;;/h1,3H,2,8H2,(H2,9,10);2*1H. The summed E-state index contributed by atoms with van der Waals surface area (Å²) in [6.07, 6.45) is 1.61. The van der Waals surface area contributed by atoms with Crippen LogP contribution in [-0.4, -0.2) is 4.98 Å². The van der Waals surface area contributed by atoms with E-state index in [1.54, 1.807) is 12.3 Å². The average molecular weight is 231 g/mol. The van der Waals surface area contributed by atoms with E-state index in [-0.39, 0.29) is 24.8 Å². The highest BCUT2D eigenvalue weighted by molar-refractivity contribution is 6.32. The van der Waals surface area contributed by atoms with Crippen molar-refractivity contribution < 1.29 is 0 Å². The third-order valence-electron chi connectivity index (χ3n) is 1.16. The van der Waals surface area contributed by atoms with Crippen molar-refractivity contribution >= 4 is 42.2 Å². The average Bonchev–Trinajstić information content (AvgIpc) is 1.95. The van der Waals surface area contributed by atoms with Gasteiger partial charge in [0.05, 0.1) is 5.02 Å². The van der Waals surface area contributed by atoms with Gasteiger partial charge in [0.25, 0.3) is 0 Å². The second kappa shape index (κ2) is 6.31. The van der Waals surface area contributed by atoms with Gasteiger partial charge in [-0.2, -0.15) is 0 Å². The number of rotatable bonds is 1. The lowest BCUT2D eigenvalue weighted by Crippen LogP contribution is -1.99. The highest BCUT2D eigenvalue weighted by atomic mass is 35.5. The molecular formula is C6H10Cl3N3. The summed E-state index contributed by atoms with van der Waals surface area (Å²) in [5.41, 5.74) is 11.6. The van der Waals surface area contributed by atoms with Gasteiger partial charge in [-0.3, -0.25) is 0 Å². The van der Waals surface area contributed by atoms with Crippen molar-refractivity contribution in [2.24, 2.45) is 5.73 Å². The molecule has 0 aliphatic rings. The molecule has 3 nitrogen and oxygen atoms in total. The molecule has 1 aromatic heterocycles. The third-order valence-corrected chi connectivity index (χ3v) is 1.46. The second-order valence-corrected chi connectivity index (χ2v) is 2.32. The van der Waals surface area contributed by atoms with Gasteiger partial charge in [-0.25, -0.2) is 4.98 Å². The predicted octanol–water partition coefficient (Wildman–Crippen LogP) is 1.62. The molecule has 1 aromatic rings. The Bertz CT molecular complexity index is 241. The zero-order chi connectivity index (χ0) is 7.56. The van der Waals surface area contributed by atoms with Crippen LogP contribution < -0.4 is 11.5 Å². The highest BCUT2D eigenvalue weighted by Gasteiger charge is 1.96. The molecule has 0 bridgehead atoms. The lowest BCUT2D eigenvalue weighted by Gasteiger charge is -1.98. The maximum atomic E-state index is 5.65. The first kappa shape index (κ1) is 14.3. The summed E-state index contributed by atoms with van der Waals surface area (Å²) in [4.78, 5) is 3.82. The van der Waals surface area contributed by atoms with E-state index in [1.165, 1.54) is 0 Å². The molecule has 0 aromatic carbocycles. The van der Waals surface area contributed by atoms with E-state index in [9.17, 15) is 0 Å². The van der Waals surface area contributed by atoms with Gasteiger partial charge in [-0.1, -0.05) is 11.6 Å². The zero-order valence-corrected chi connectivity index (χ0v) is 8.55. The highest BCUT2D eigenvalue weighted by Crippen LogP contribution is 2.15. The molecule has 1 rings (SSSR count). The van der Waals surface area contributed by atoms with E-state index in [0.717, 1.165) is 5.56 Å². The summed E-state index contributed by atoms with van der Waals surface area (Å²) < 4.78 is 0. The zero-order valence-electron chi connectivity index (χ0n) is 6.16. The molecule has 0 saturated carbocycles. The molecule has 0 amide bonds. The van der Waals surface area contributed by atoms with E-state index in [4.69, 9.17) is 23.1 Å². The number of hydrogen-bond donors (Lipinski definition) is 2. The molecule has 0 radical (unpaired) electrons. The van der Waals surface area contributed by atoms with Gasteiger partial charge in [0.2, 0.25) is 0 Å².